The van der Waals surface area contributed by atoms with Crippen molar-refractivity contribution < 1.29 is 14.4 Å². The Hall–Kier alpha value is -2.16. The summed E-state index contributed by atoms with van der Waals surface area (Å²) in [5, 5.41) is 6.31. The van der Waals surface area contributed by atoms with E-state index >= 15 is 0 Å². The van der Waals surface area contributed by atoms with Crippen LogP contribution < -0.4 is 10.6 Å². The molecule has 1 saturated carbocycles. The first-order valence-corrected chi connectivity index (χ1v) is 11.0. The summed E-state index contributed by atoms with van der Waals surface area (Å²) in [5.41, 5.74) is -0.0634. The molecule has 2 aliphatic heterocycles. The van der Waals surface area contributed by atoms with Gasteiger partial charge in [0.1, 0.15) is 5.54 Å². The molecule has 30 heavy (non-hydrogen) atoms. The van der Waals surface area contributed by atoms with Crippen LogP contribution in [0.2, 0.25) is 5.02 Å². The molecule has 0 unspecified atom stereocenters. The molecule has 4 rings (SSSR count). The highest BCUT2D eigenvalue weighted by atomic mass is 35.5. The van der Waals surface area contributed by atoms with Crippen molar-refractivity contribution >= 4 is 35.1 Å². The Bertz CT molecular complexity index is 819. The third-order valence-electron chi connectivity index (χ3n) is 6.27. The molecule has 8 nitrogen and oxygen atoms in total. The van der Waals surface area contributed by atoms with Gasteiger partial charge in [0.05, 0.1) is 23.9 Å². The zero-order valence-corrected chi connectivity index (χ0v) is 17.8. The van der Waals surface area contributed by atoms with Crippen molar-refractivity contribution in [3.8, 4) is 0 Å². The van der Waals surface area contributed by atoms with E-state index in [1.165, 1.54) is 4.90 Å². The highest BCUT2D eigenvalue weighted by Gasteiger charge is 2.51. The normalized spacial score (nSPS) is 22.4. The fourth-order valence-electron chi connectivity index (χ4n) is 4.54. The molecule has 0 bridgehead atoms. The molecular weight excluding hydrogens is 406 g/mol. The number of para-hydroxylation sites is 1. The standard InChI is InChI=1S/C21H28ClN5O3/c22-16-6-2-3-7-17(16)23-18(28)14-25-10-12-26(13-11-25)15-27-19(29)21(24-20(27)30)8-4-1-5-9-21/h2-3,6-7H,1,4-5,8-15H2,(H,23,28)(H,24,30). The Balaban J connectivity index is 1.25. The number of piperazine rings is 1. The fourth-order valence-corrected chi connectivity index (χ4v) is 4.73. The number of anilines is 1. The number of hydrogen-bond acceptors (Lipinski definition) is 5. The highest BCUT2D eigenvalue weighted by molar-refractivity contribution is 6.33. The van der Waals surface area contributed by atoms with Gasteiger partial charge in [-0.15, -0.1) is 0 Å². The highest BCUT2D eigenvalue weighted by Crippen LogP contribution is 2.33. The third kappa shape index (κ3) is 4.45. The van der Waals surface area contributed by atoms with Gasteiger partial charge >= 0.3 is 6.03 Å². The van der Waals surface area contributed by atoms with Crippen molar-refractivity contribution in [1.82, 2.24) is 20.0 Å². The number of halogens is 1. The van der Waals surface area contributed by atoms with Gasteiger partial charge in [0.15, 0.2) is 0 Å². The minimum atomic E-state index is -0.673. The molecule has 1 aromatic rings. The van der Waals surface area contributed by atoms with E-state index in [0.29, 0.717) is 43.6 Å². The summed E-state index contributed by atoms with van der Waals surface area (Å²) in [7, 11) is 0. The molecule has 0 radical (unpaired) electrons. The van der Waals surface area contributed by atoms with Gasteiger partial charge < -0.3 is 10.6 Å². The van der Waals surface area contributed by atoms with Crippen LogP contribution in [0.4, 0.5) is 10.5 Å². The average molecular weight is 434 g/mol. The van der Waals surface area contributed by atoms with Crippen LogP contribution in [0.3, 0.4) is 0 Å². The van der Waals surface area contributed by atoms with E-state index in [0.717, 1.165) is 32.1 Å². The van der Waals surface area contributed by atoms with Crippen LogP contribution in [0, 0.1) is 0 Å². The van der Waals surface area contributed by atoms with E-state index in [4.69, 9.17) is 11.6 Å². The van der Waals surface area contributed by atoms with Gasteiger partial charge in [-0.2, -0.15) is 0 Å². The molecule has 2 N–H and O–H groups in total. The van der Waals surface area contributed by atoms with Crippen LogP contribution in [-0.2, 0) is 9.59 Å². The van der Waals surface area contributed by atoms with Crippen molar-refractivity contribution in [1.29, 1.82) is 0 Å². The maximum Gasteiger partial charge on any atom is 0.326 e. The van der Waals surface area contributed by atoms with E-state index in [2.05, 4.69) is 20.4 Å². The van der Waals surface area contributed by atoms with Crippen LogP contribution in [0.15, 0.2) is 24.3 Å². The zero-order valence-electron chi connectivity index (χ0n) is 17.0. The van der Waals surface area contributed by atoms with Crippen LogP contribution in [-0.4, -0.2) is 77.5 Å². The Morgan fingerprint density at radius 3 is 2.40 bits per heavy atom. The molecule has 162 valence electrons. The first kappa shape index (κ1) is 21.1. The van der Waals surface area contributed by atoms with E-state index in [1.54, 1.807) is 12.1 Å². The first-order chi connectivity index (χ1) is 14.5. The van der Waals surface area contributed by atoms with Gasteiger partial charge in [0.25, 0.3) is 5.91 Å². The summed E-state index contributed by atoms with van der Waals surface area (Å²) < 4.78 is 0. The smallest absolute Gasteiger partial charge is 0.324 e. The minimum absolute atomic E-state index is 0.0752. The summed E-state index contributed by atoms with van der Waals surface area (Å²) in [6.07, 6.45) is 4.56. The zero-order chi connectivity index (χ0) is 21.1. The van der Waals surface area contributed by atoms with Gasteiger partial charge in [0, 0.05) is 26.2 Å². The van der Waals surface area contributed by atoms with Gasteiger partial charge in [-0.25, -0.2) is 9.69 Å². The number of amides is 4. The van der Waals surface area contributed by atoms with Gasteiger partial charge in [-0.05, 0) is 25.0 Å². The largest absolute Gasteiger partial charge is 0.326 e. The molecule has 0 atom stereocenters. The Labute approximate surface area is 181 Å². The lowest BCUT2D eigenvalue weighted by molar-refractivity contribution is -0.134. The number of nitrogens with one attached hydrogen (secondary N) is 2. The van der Waals surface area contributed by atoms with Gasteiger partial charge in [-0.3, -0.25) is 19.4 Å². The average Bonchev–Trinajstić information content (AvgIpc) is 2.95. The lowest BCUT2D eigenvalue weighted by Crippen LogP contribution is -2.53. The molecule has 4 amide bonds. The molecule has 1 spiro atoms. The summed E-state index contributed by atoms with van der Waals surface area (Å²) >= 11 is 6.09. The second kappa shape index (κ2) is 8.91. The summed E-state index contributed by atoms with van der Waals surface area (Å²) in [5.74, 6) is -0.182. The number of carbonyl (C=O) groups is 3. The van der Waals surface area contributed by atoms with Crippen molar-refractivity contribution in [2.75, 3.05) is 44.7 Å². The number of rotatable bonds is 5. The van der Waals surface area contributed by atoms with Crippen molar-refractivity contribution in [3.05, 3.63) is 29.3 Å². The predicted octanol–water partition coefficient (Wildman–Crippen LogP) is 2.11. The summed E-state index contributed by atoms with van der Waals surface area (Å²) in [6.45, 7) is 3.39. The lowest BCUT2D eigenvalue weighted by atomic mass is 9.82. The Kier molecular flexibility index (Phi) is 6.26. The van der Waals surface area contributed by atoms with E-state index in [9.17, 15) is 14.4 Å². The van der Waals surface area contributed by atoms with Crippen molar-refractivity contribution in [2.45, 2.75) is 37.6 Å². The third-order valence-corrected chi connectivity index (χ3v) is 6.60. The molecule has 9 heteroatoms. The second-order valence-electron chi connectivity index (χ2n) is 8.37. The van der Waals surface area contributed by atoms with Crippen LogP contribution in [0.25, 0.3) is 0 Å². The number of benzene rings is 1. The maximum absolute atomic E-state index is 12.9. The number of hydrogen-bond donors (Lipinski definition) is 2. The fraction of sp³-hybridized carbons (Fsp3) is 0.571. The topological polar surface area (TPSA) is 85.0 Å². The molecule has 0 aromatic heterocycles. The van der Waals surface area contributed by atoms with Gasteiger partial charge in [0.2, 0.25) is 5.91 Å². The Morgan fingerprint density at radius 2 is 1.70 bits per heavy atom. The van der Waals surface area contributed by atoms with Crippen molar-refractivity contribution in [3.63, 3.8) is 0 Å². The molecule has 3 fully saturated rings. The van der Waals surface area contributed by atoms with E-state index in [-0.39, 0.29) is 24.4 Å². The number of nitrogens with zero attached hydrogens (tertiary/aromatic N) is 3. The minimum Gasteiger partial charge on any atom is -0.324 e. The molecule has 1 aromatic carbocycles. The monoisotopic (exact) mass is 433 g/mol. The van der Waals surface area contributed by atoms with Gasteiger partial charge in [-0.1, -0.05) is 43.0 Å². The van der Waals surface area contributed by atoms with Crippen LogP contribution >= 0.6 is 11.6 Å². The summed E-state index contributed by atoms with van der Waals surface area (Å²) in [4.78, 5) is 43.2. The molecule has 2 saturated heterocycles. The molecular formula is C21H28ClN5O3. The number of imide groups is 1. The van der Waals surface area contributed by atoms with Crippen LogP contribution in [0.5, 0.6) is 0 Å². The first-order valence-electron chi connectivity index (χ1n) is 10.6. The predicted molar refractivity (Wildman–Crippen MR) is 114 cm³/mol. The maximum atomic E-state index is 12.9. The van der Waals surface area contributed by atoms with Crippen molar-refractivity contribution in [2.24, 2.45) is 0 Å². The van der Waals surface area contributed by atoms with E-state index < -0.39 is 5.54 Å². The lowest BCUT2D eigenvalue weighted by Gasteiger charge is -2.36. The molecule has 3 aliphatic rings. The SMILES string of the molecule is O=C(CN1CCN(CN2C(=O)NC3(CCCCC3)C2=O)CC1)Nc1ccccc1Cl. The number of carbonyl (C=O) groups excluding carboxylic acids is 3. The van der Waals surface area contributed by atoms with E-state index in [1.807, 2.05) is 12.1 Å². The molecule has 1 aliphatic carbocycles. The molecule has 2 heterocycles. The number of urea groups is 1. The van der Waals surface area contributed by atoms with Crippen LogP contribution in [0.1, 0.15) is 32.1 Å². The quantitative estimate of drug-likeness (QED) is 0.695. The Morgan fingerprint density at radius 1 is 1.03 bits per heavy atom. The summed E-state index contributed by atoms with van der Waals surface area (Å²) in [6, 6.07) is 6.88. The second-order valence-corrected chi connectivity index (χ2v) is 8.78.